The molecule has 3 heterocycles. The van der Waals surface area contributed by atoms with Crippen molar-refractivity contribution in [3.63, 3.8) is 0 Å². The Morgan fingerprint density at radius 2 is 2.00 bits per heavy atom. The Hall–Kier alpha value is -3.23. The molecule has 2 aliphatic heterocycles. The first-order valence-corrected chi connectivity index (χ1v) is 12.6. The number of aryl methyl sites for hydroxylation is 1. The van der Waals surface area contributed by atoms with E-state index in [0.717, 1.165) is 54.3 Å². The first-order chi connectivity index (χ1) is 16.7. The molecule has 9 heteroatoms. The molecule has 186 valence electrons. The molecule has 0 radical (unpaired) electrons. The normalized spacial score (nSPS) is 25.8. The van der Waals surface area contributed by atoms with Crippen LogP contribution in [0.4, 0.5) is 10.5 Å². The number of amides is 4. The molecule has 35 heavy (non-hydrogen) atoms. The molecule has 3 aliphatic rings. The minimum atomic E-state index is -0.913. The third-order valence-corrected chi connectivity index (χ3v) is 7.44. The molecule has 2 fully saturated rings. The van der Waals surface area contributed by atoms with Gasteiger partial charge in [-0.25, -0.2) is 4.79 Å². The van der Waals surface area contributed by atoms with Crippen molar-refractivity contribution >= 4 is 23.5 Å². The number of nitrogens with one attached hydrogen (secondary N) is 2. The van der Waals surface area contributed by atoms with Crippen LogP contribution >= 0.6 is 0 Å². The summed E-state index contributed by atoms with van der Waals surface area (Å²) in [6, 6.07) is 6.97. The van der Waals surface area contributed by atoms with Crippen LogP contribution in [0.2, 0.25) is 0 Å². The molecule has 2 aromatic rings. The summed E-state index contributed by atoms with van der Waals surface area (Å²) in [7, 11) is 0. The fourth-order valence-corrected chi connectivity index (χ4v) is 6.43. The van der Waals surface area contributed by atoms with Crippen LogP contribution in [0.15, 0.2) is 24.3 Å². The van der Waals surface area contributed by atoms with Crippen molar-refractivity contribution in [3.05, 3.63) is 30.1 Å². The minimum Gasteiger partial charge on any atom is -0.325 e. The third-order valence-electron chi connectivity index (χ3n) is 7.44. The van der Waals surface area contributed by atoms with Crippen LogP contribution in [0.1, 0.15) is 65.1 Å². The van der Waals surface area contributed by atoms with Gasteiger partial charge in [-0.15, -0.1) is 10.2 Å². The lowest BCUT2D eigenvalue weighted by atomic mass is 9.64. The van der Waals surface area contributed by atoms with E-state index in [1.54, 1.807) is 6.07 Å². The van der Waals surface area contributed by atoms with Gasteiger partial charge in [-0.1, -0.05) is 39.3 Å². The van der Waals surface area contributed by atoms with Gasteiger partial charge in [0.1, 0.15) is 17.9 Å². The monoisotopic (exact) mass is 478 g/mol. The second-order valence-electron chi connectivity index (χ2n) is 11.3. The van der Waals surface area contributed by atoms with Gasteiger partial charge in [-0.2, -0.15) is 0 Å². The number of carbonyl (C=O) groups excluding carboxylic acids is 3. The lowest BCUT2D eigenvalue weighted by Crippen LogP contribution is -2.54. The SMILES string of the molecule is C[C@@H]1CC(C)(C)C[C@@]2(C1)NC(=O)N(CC(=O)Nc1cccc(-c3nnc4n3CCCCC4)c1)C2=O. The summed E-state index contributed by atoms with van der Waals surface area (Å²) in [4.78, 5) is 40.0. The van der Waals surface area contributed by atoms with Crippen molar-refractivity contribution in [2.24, 2.45) is 11.3 Å². The van der Waals surface area contributed by atoms with Gasteiger partial charge in [0.15, 0.2) is 5.82 Å². The Balaban J connectivity index is 1.29. The number of nitrogens with zero attached hydrogens (tertiary/aromatic N) is 4. The van der Waals surface area contributed by atoms with Crippen molar-refractivity contribution < 1.29 is 14.4 Å². The van der Waals surface area contributed by atoms with E-state index in [-0.39, 0.29) is 17.9 Å². The summed E-state index contributed by atoms with van der Waals surface area (Å²) in [6.45, 7) is 6.93. The zero-order chi connectivity index (χ0) is 24.8. The molecule has 9 nitrogen and oxygen atoms in total. The molecule has 4 amide bonds. The zero-order valence-corrected chi connectivity index (χ0v) is 20.8. The number of hydrogen-bond acceptors (Lipinski definition) is 5. The van der Waals surface area contributed by atoms with Gasteiger partial charge in [0.2, 0.25) is 5.91 Å². The molecule has 2 N–H and O–H groups in total. The van der Waals surface area contributed by atoms with Crippen LogP contribution in [-0.4, -0.2) is 49.6 Å². The van der Waals surface area contributed by atoms with E-state index in [2.05, 4.69) is 46.2 Å². The molecule has 1 spiro atoms. The number of rotatable bonds is 4. The molecular weight excluding hydrogens is 444 g/mol. The molecule has 1 aromatic carbocycles. The van der Waals surface area contributed by atoms with Gasteiger partial charge in [-0.3, -0.25) is 14.5 Å². The smallest absolute Gasteiger partial charge is 0.325 e. The van der Waals surface area contributed by atoms with Crippen LogP contribution in [-0.2, 0) is 22.6 Å². The van der Waals surface area contributed by atoms with Gasteiger partial charge in [-0.05, 0) is 55.6 Å². The molecule has 5 rings (SSSR count). The van der Waals surface area contributed by atoms with Gasteiger partial charge in [0.05, 0.1) is 0 Å². The molecule has 2 atom stereocenters. The lowest BCUT2D eigenvalue weighted by Gasteiger charge is -2.43. The topological polar surface area (TPSA) is 109 Å². The quantitative estimate of drug-likeness (QED) is 0.651. The third kappa shape index (κ3) is 4.56. The van der Waals surface area contributed by atoms with Gasteiger partial charge >= 0.3 is 6.03 Å². The molecule has 0 bridgehead atoms. The summed E-state index contributed by atoms with van der Waals surface area (Å²) in [6.07, 6.45) is 6.50. The molecular formula is C26H34N6O3. The maximum atomic E-state index is 13.3. The van der Waals surface area contributed by atoms with Gasteiger partial charge in [0, 0.05) is 24.2 Å². The number of anilines is 1. The van der Waals surface area contributed by atoms with Gasteiger partial charge in [0.25, 0.3) is 5.91 Å². The maximum absolute atomic E-state index is 13.3. The second kappa shape index (κ2) is 8.77. The van der Waals surface area contributed by atoms with Crippen molar-refractivity contribution in [1.29, 1.82) is 0 Å². The van der Waals surface area contributed by atoms with E-state index in [1.807, 2.05) is 18.2 Å². The number of aromatic nitrogens is 3. The Kier molecular flexibility index (Phi) is 5.89. The number of fused-ring (bicyclic) bond motifs is 1. The Morgan fingerprint density at radius 1 is 1.17 bits per heavy atom. The highest BCUT2D eigenvalue weighted by atomic mass is 16.2. The van der Waals surface area contributed by atoms with E-state index in [4.69, 9.17) is 0 Å². The van der Waals surface area contributed by atoms with E-state index >= 15 is 0 Å². The van der Waals surface area contributed by atoms with Crippen LogP contribution in [0.5, 0.6) is 0 Å². The van der Waals surface area contributed by atoms with E-state index < -0.39 is 17.5 Å². The first-order valence-electron chi connectivity index (χ1n) is 12.6. The van der Waals surface area contributed by atoms with Gasteiger partial charge < -0.3 is 15.2 Å². The minimum absolute atomic E-state index is 0.0563. The van der Waals surface area contributed by atoms with Crippen molar-refractivity contribution in [3.8, 4) is 11.4 Å². The van der Waals surface area contributed by atoms with E-state index in [0.29, 0.717) is 24.4 Å². The zero-order valence-electron chi connectivity index (χ0n) is 20.8. The highest BCUT2D eigenvalue weighted by molar-refractivity contribution is 6.10. The Labute approximate surface area is 205 Å². The molecule has 1 aromatic heterocycles. The average molecular weight is 479 g/mol. The average Bonchev–Trinajstić information content (AvgIpc) is 3.15. The fraction of sp³-hybridized carbons (Fsp3) is 0.577. The number of urea groups is 1. The summed E-state index contributed by atoms with van der Waals surface area (Å²) in [5.41, 5.74) is 0.492. The number of hydrogen-bond donors (Lipinski definition) is 2. The molecule has 1 saturated heterocycles. The summed E-state index contributed by atoms with van der Waals surface area (Å²) < 4.78 is 2.16. The van der Waals surface area contributed by atoms with Crippen molar-refractivity contribution in [1.82, 2.24) is 25.0 Å². The first kappa shape index (κ1) is 23.5. The summed E-state index contributed by atoms with van der Waals surface area (Å²) in [5.74, 6) is 1.40. The predicted octanol–water partition coefficient (Wildman–Crippen LogP) is 3.75. The number of carbonyl (C=O) groups is 3. The molecule has 1 saturated carbocycles. The standard InChI is InChI=1S/C26H34N6O3/c1-17-13-25(2,3)16-26(14-17)23(34)32(24(35)28-26)15-21(33)27-19-9-7-8-18(12-19)22-30-29-20-10-5-4-6-11-31(20)22/h7-9,12,17H,4-6,10-11,13-16H2,1-3H3,(H,27,33)(H,28,35)/t17-,26-/m1/s1. The maximum Gasteiger partial charge on any atom is 0.325 e. The van der Waals surface area contributed by atoms with Crippen molar-refractivity contribution in [2.45, 2.75) is 77.8 Å². The van der Waals surface area contributed by atoms with Crippen LogP contribution in [0, 0.1) is 11.3 Å². The summed E-state index contributed by atoms with van der Waals surface area (Å²) in [5, 5.41) is 14.5. The Bertz CT molecular complexity index is 1170. The summed E-state index contributed by atoms with van der Waals surface area (Å²) >= 11 is 0. The fourth-order valence-electron chi connectivity index (χ4n) is 6.43. The number of imide groups is 1. The predicted molar refractivity (Wildman–Crippen MR) is 131 cm³/mol. The van der Waals surface area contributed by atoms with Crippen LogP contribution in [0.3, 0.4) is 0 Å². The lowest BCUT2D eigenvalue weighted by molar-refractivity contribution is -0.136. The van der Waals surface area contributed by atoms with Crippen LogP contribution in [0.25, 0.3) is 11.4 Å². The highest BCUT2D eigenvalue weighted by Crippen LogP contribution is 2.46. The molecule has 1 aliphatic carbocycles. The largest absolute Gasteiger partial charge is 0.325 e. The second-order valence-corrected chi connectivity index (χ2v) is 11.3. The highest BCUT2D eigenvalue weighted by Gasteiger charge is 2.56. The van der Waals surface area contributed by atoms with Crippen molar-refractivity contribution in [2.75, 3.05) is 11.9 Å². The number of benzene rings is 1. The van der Waals surface area contributed by atoms with E-state index in [1.165, 1.54) is 6.42 Å². The van der Waals surface area contributed by atoms with E-state index in [9.17, 15) is 14.4 Å². The Morgan fingerprint density at radius 3 is 2.80 bits per heavy atom. The van der Waals surface area contributed by atoms with Crippen LogP contribution < -0.4 is 10.6 Å². The molecule has 0 unspecified atom stereocenters.